The number of para-hydroxylation sites is 1. The molecule has 0 atom stereocenters. The molecule has 180 valence electrons. The number of aryl methyl sites for hydroxylation is 1. The van der Waals surface area contributed by atoms with Crippen LogP contribution >= 0.6 is 11.6 Å². The second-order valence-corrected chi connectivity index (χ2v) is 9.20. The van der Waals surface area contributed by atoms with E-state index in [-0.39, 0.29) is 5.91 Å². The smallest absolute Gasteiger partial charge is 0.280 e. The molecule has 0 saturated heterocycles. The van der Waals surface area contributed by atoms with Gasteiger partial charge in [0.1, 0.15) is 12.4 Å². The SMILES string of the molecule is CC1=NN(c2ccccc2)C(=O)/C1=C/c1cc(C)n(-c2ccc(OCc3ccc(Cl)cc3)cc2)c1C. The molecule has 1 aliphatic heterocycles. The molecule has 1 amide bonds. The molecule has 0 spiro atoms. The van der Waals surface area contributed by atoms with Gasteiger partial charge < -0.3 is 9.30 Å². The monoisotopic (exact) mass is 495 g/mol. The Morgan fingerprint density at radius 1 is 0.889 bits per heavy atom. The first-order chi connectivity index (χ1) is 17.4. The van der Waals surface area contributed by atoms with Gasteiger partial charge in [-0.3, -0.25) is 4.79 Å². The maximum Gasteiger partial charge on any atom is 0.280 e. The standard InChI is InChI=1S/C30H26ClN3O2/c1-20-17-24(18-29-21(2)32-34(30(29)35)27-7-5-4-6-8-27)22(3)33(20)26-13-15-28(16-14-26)36-19-23-9-11-25(31)12-10-23/h4-18H,19H2,1-3H3/b29-18+. The number of hydrogen-bond acceptors (Lipinski definition) is 3. The van der Waals surface area contributed by atoms with Crippen LogP contribution in [0.15, 0.2) is 95.6 Å². The first-order valence-corrected chi connectivity index (χ1v) is 12.1. The highest BCUT2D eigenvalue weighted by Crippen LogP contribution is 2.28. The fraction of sp³-hybridized carbons (Fsp3) is 0.133. The van der Waals surface area contributed by atoms with Crippen LogP contribution in [0.3, 0.4) is 0 Å². The van der Waals surface area contributed by atoms with E-state index in [0.717, 1.165) is 39.6 Å². The summed E-state index contributed by atoms with van der Waals surface area (Å²) in [6.45, 7) is 6.47. The minimum Gasteiger partial charge on any atom is -0.489 e. The Morgan fingerprint density at radius 3 is 2.28 bits per heavy atom. The van der Waals surface area contributed by atoms with Crippen molar-refractivity contribution in [3.63, 3.8) is 0 Å². The minimum absolute atomic E-state index is 0.120. The number of anilines is 1. The zero-order chi connectivity index (χ0) is 25.2. The Bertz CT molecular complexity index is 1470. The lowest BCUT2D eigenvalue weighted by atomic mass is 10.1. The number of nitrogens with zero attached hydrogens (tertiary/aromatic N) is 3. The highest BCUT2D eigenvalue weighted by molar-refractivity contribution is 6.32. The van der Waals surface area contributed by atoms with E-state index in [9.17, 15) is 4.79 Å². The number of carbonyl (C=O) groups excluding carboxylic acids is 1. The molecule has 2 heterocycles. The quantitative estimate of drug-likeness (QED) is 0.267. The number of hydrogen-bond donors (Lipinski definition) is 0. The van der Waals surface area contributed by atoms with Crippen LogP contribution < -0.4 is 9.75 Å². The maximum absolute atomic E-state index is 13.1. The lowest BCUT2D eigenvalue weighted by Gasteiger charge is -2.12. The molecule has 0 bridgehead atoms. The molecule has 36 heavy (non-hydrogen) atoms. The van der Waals surface area contributed by atoms with Crippen LogP contribution in [0.1, 0.15) is 29.4 Å². The summed E-state index contributed by atoms with van der Waals surface area (Å²) >= 11 is 5.95. The predicted molar refractivity (Wildman–Crippen MR) is 146 cm³/mol. The number of carbonyl (C=O) groups is 1. The third-order valence-electron chi connectivity index (χ3n) is 6.25. The van der Waals surface area contributed by atoms with Crippen LogP contribution in [0.2, 0.25) is 5.02 Å². The summed E-state index contributed by atoms with van der Waals surface area (Å²) in [6, 6.07) is 27.2. The van der Waals surface area contributed by atoms with Crippen molar-refractivity contribution >= 4 is 35.0 Å². The molecule has 0 saturated carbocycles. The summed E-state index contributed by atoms with van der Waals surface area (Å²) in [7, 11) is 0. The van der Waals surface area contributed by atoms with E-state index in [0.29, 0.717) is 22.9 Å². The molecule has 0 fully saturated rings. The van der Waals surface area contributed by atoms with Crippen molar-refractivity contribution in [2.75, 3.05) is 5.01 Å². The van der Waals surface area contributed by atoms with Crippen LogP contribution in [-0.4, -0.2) is 16.2 Å². The molecule has 1 aliphatic rings. The Hall–Kier alpha value is -4.09. The van der Waals surface area contributed by atoms with E-state index >= 15 is 0 Å². The number of hydrazone groups is 1. The van der Waals surface area contributed by atoms with Gasteiger partial charge in [0.05, 0.1) is 17.0 Å². The van der Waals surface area contributed by atoms with Gasteiger partial charge in [0.2, 0.25) is 0 Å². The number of benzene rings is 3. The van der Waals surface area contributed by atoms with Crippen molar-refractivity contribution in [3.05, 3.63) is 118 Å². The van der Waals surface area contributed by atoms with Crippen LogP contribution in [-0.2, 0) is 11.4 Å². The minimum atomic E-state index is -0.120. The third kappa shape index (κ3) is 4.70. The van der Waals surface area contributed by atoms with Gasteiger partial charge in [-0.15, -0.1) is 0 Å². The number of ether oxygens (including phenoxy) is 1. The topological polar surface area (TPSA) is 46.8 Å². The predicted octanol–water partition coefficient (Wildman–Crippen LogP) is 7.13. The second kappa shape index (κ2) is 9.88. The molecule has 6 heteroatoms. The lowest BCUT2D eigenvalue weighted by Crippen LogP contribution is -2.21. The average molecular weight is 496 g/mol. The molecule has 3 aromatic carbocycles. The van der Waals surface area contributed by atoms with Crippen LogP contribution in [0.5, 0.6) is 5.75 Å². The highest BCUT2D eigenvalue weighted by atomic mass is 35.5. The highest BCUT2D eigenvalue weighted by Gasteiger charge is 2.29. The molecule has 1 aromatic heterocycles. The van der Waals surface area contributed by atoms with E-state index in [1.807, 2.05) is 91.9 Å². The number of halogens is 1. The maximum atomic E-state index is 13.1. The molecule has 5 rings (SSSR count). The van der Waals surface area contributed by atoms with Crippen molar-refractivity contribution < 1.29 is 9.53 Å². The van der Waals surface area contributed by atoms with Gasteiger partial charge in [-0.1, -0.05) is 41.9 Å². The Morgan fingerprint density at radius 2 is 1.58 bits per heavy atom. The van der Waals surface area contributed by atoms with Gasteiger partial charge in [-0.05, 0) is 92.6 Å². The normalized spacial score (nSPS) is 14.4. The first kappa shape index (κ1) is 23.6. The van der Waals surface area contributed by atoms with Crippen molar-refractivity contribution in [3.8, 4) is 11.4 Å². The number of amides is 1. The molecule has 0 radical (unpaired) electrons. The first-order valence-electron chi connectivity index (χ1n) is 11.7. The number of rotatable bonds is 6. The van der Waals surface area contributed by atoms with Gasteiger partial charge in [0, 0.05) is 22.1 Å². The van der Waals surface area contributed by atoms with Gasteiger partial charge in [-0.2, -0.15) is 10.1 Å². The molecule has 4 aromatic rings. The second-order valence-electron chi connectivity index (χ2n) is 8.77. The largest absolute Gasteiger partial charge is 0.489 e. The van der Waals surface area contributed by atoms with Crippen molar-refractivity contribution in [1.82, 2.24) is 4.57 Å². The molecular formula is C30H26ClN3O2. The Labute approximate surface area is 215 Å². The van der Waals surface area contributed by atoms with E-state index in [1.54, 1.807) is 0 Å². The van der Waals surface area contributed by atoms with Crippen LogP contribution in [0, 0.1) is 13.8 Å². The van der Waals surface area contributed by atoms with Crippen LogP contribution in [0.25, 0.3) is 11.8 Å². The molecule has 0 N–H and O–H groups in total. The van der Waals surface area contributed by atoms with E-state index in [4.69, 9.17) is 16.3 Å². The zero-order valence-electron chi connectivity index (χ0n) is 20.4. The van der Waals surface area contributed by atoms with Crippen molar-refractivity contribution in [2.45, 2.75) is 27.4 Å². The summed E-state index contributed by atoms with van der Waals surface area (Å²) in [4.78, 5) is 13.1. The van der Waals surface area contributed by atoms with Gasteiger partial charge in [0.25, 0.3) is 5.91 Å². The summed E-state index contributed by atoms with van der Waals surface area (Å²) in [5.74, 6) is 0.675. The molecule has 0 aliphatic carbocycles. The average Bonchev–Trinajstić information content (AvgIpc) is 3.33. The summed E-state index contributed by atoms with van der Waals surface area (Å²) < 4.78 is 8.11. The van der Waals surface area contributed by atoms with Gasteiger partial charge >= 0.3 is 0 Å². The zero-order valence-corrected chi connectivity index (χ0v) is 21.2. The fourth-order valence-corrected chi connectivity index (χ4v) is 4.48. The molecule has 5 nitrogen and oxygen atoms in total. The molecule has 0 unspecified atom stereocenters. The van der Waals surface area contributed by atoms with Crippen LogP contribution in [0.4, 0.5) is 5.69 Å². The molecular weight excluding hydrogens is 470 g/mol. The van der Waals surface area contributed by atoms with E-state index < -0.39 is 0 Å². The van der Waals surface area contributed by atoms with E-state index in [1.165, 1.54) is 5.01 Å². The van der Waals surface area contributed by atoms with Gasteiger partial charge in [0.15, 0.2) is 0 Å². The lowest BCUT2D eigenvalue weighted by molar-refractivity contribution is -0.114. The Kier molecular flexibility index (Phi) is 6.49. The summed E-state index contributed by atoms with van der Waals surface area (Å²) in [5.41, 5.74) is 7.27. The third-order valence-corrected chi connectivity index (χ3v) is 6.50. The number of aromatic nitrogens is 1. The van der Waals surface area contributed by atoms with Crippen molar-refractivity contribution in [2.24, 2.45) is 5.10 Å². The summed E-state index contributed by atoms with van der Waals surface area (Å²) in [6.07, 6.45) is 1.94. The summed E-state index contributed by atoms with van der Waals surface area (Å²) in [5, 5.41) is 6.67. The Balaban J connectivity index is 1.36. The fourth-order valence-electron chi connectivity index (χ4n) is 4.35. The van der Waals surface area contributed by atoms with E-state index in [2.05, 4.69) is 29.6 Å². The van der Waals surface area contributed by atoms with Crippen molar-refractivity contribution in [1.29, 1.82) is 0 Å². The van der Waals surface area contributed by atoms with Gasteiger partial charge in [-0.25, -0.2) is 0 Å².